The van der Waals surface area contributed by atoms with E-state index in [0.29, 0.717) is 34.9 Å². The first-order valence-corrected chi connectivity index (χ1v) is 47.7. The molecule has 0 aliphatic heterocycles. The fraction of sp³-hybridized carbons (Fsp3) is 0. The maximum atomic E-state index is 5.41. The number of para-hydroxylation sites is 3. The molecule has 0 saturated heterocycles. The van der Waals surface area contributed by atoms with Gasteiger partial charge in [-0.25, -0.2) is 29.9 Å². The molecule has 6 aromatic heterocycles. The number of hydrogen-bond acceptors (Lipinski definition) is 6. The molecule has 0 amide bonds. The summed E-state index contributed by atoms with van der Waals surface area (Å²) in [7, 11) is 0. The summed E-state index contributed by atoms with van der Waals surface area (Å²) in [5.41, 5.74) is 19.5. The van der Waals surface area contributed by atoms with E-state index in [-0.39, 0.29) is 0 Å². The molecule has 140 heavy (non-hydrogen) atoms. The molecule has 0 radical (unpaired) electrons. The van der Waals surface area contributed by atoms with E-state index in [1.54, 1.807) is 0 Å². The van der Waals surface area contributed by atoms with Gasteiger partial charge in [-0.3, -0.25) is 0 Å². The van der Waals surface area contributed by atoms with Crippen LogP contribution in [0.4, 0.5) is 0 Å². The maximum absolute atomic E-state index is 5.41. The lowest BCUT2D eigenvalue weighted by Gasteiger charge is -2.17. The van der Waals surface area contributed by atoms with Gasteiger partial charge in [0.25, 0.3) is 0 Å². The highest BCUT2D eigenvalue weighted by molar-refractivity contribution is 6.26. The van der Waals surface area contributed by atoms with Crippen LogP contribution in [0.1, 0.15) is 0 Å². The normalized spacial score (nSPS) is 12.0. The van der Waals surface area contributed by atoms with E-state index in [1.807, 2.05) is 36.4 Å². The van der Waals surface area contributed by atoms with E-state index in [9.17, 15) is 0 Å². The predicted octanol–water partition coefficient (Wildman–Crippen LogP) is 33.7. The average Bonchev–Trinajstić information content (AvgIpc) is 1.56. The lowest BCUT2D eigenvalue weighted by Crippen LogP contribution is -2.02. The van der Waals surface area contributed by atoms with Gasteiger partial charge >= 0.3 is 0 Å². The molecule has 10 heteroatoms. The molecule has 0 unspecified atom stereocenters. The monoisotopic (exact) mass is 1780 g/mol. The van der Waals surface area contributed by atoms with Gasteiger partial charge in [0.2, 0.25) is 0 Å². The summed E-state index contributed by atoms with van der Waals surface area (Å²) in [4.78, 5) is 31.9. The third-order valence-electron chi connectivity index (χ3n) is 29.0. The van der Waals surface area contributed by atoms with Crippen molar-refractivity contribution in [2.24, 2.45) is 0 Å². The Labute approximate surface area is 801 Å². The summed E-state index contributed by atoms with van der Waals surface area (Å²) in [5, 5.41) is 33.0. The highest BCUT2D eigenvalue weighted by Crippen LogP contribution is 2.50. The van der Waals surface area contributed by atoms with Crippen LogP contribution in [0, 0.1) is 0 Å². The van der Waals surface area contributed by atoms with E-state index < -0.39 is 0 Å². The van der Waals surface area contributed by atoms with Crippen molar-refractivity contribution in [3.63, 3.8) is 0 Å². The first kappa shape index (κ1) is 78.6. The Morgan fingerprint density at radius 2 is 0.421 bits per heavy atom. The van der Waals surface area contributed by atoms with Crippen molar-refractivity contribution >= 4 is 195 Å². The van der Waals surface area contributed by atoms with Crippen LogP contribution in [0.3, 0.4) is 0 Å². The summed E-state index contributed by atoms with van der Waals surface area (Å²) in [6, 6.07) is 171. The zero-order valence-electron chi connectivity index (χ0n) is 75.5. The summed E-state index contributed by atoms with van der Waals surface area (Å²) in [6.07, 6.45) is 0. The molecule has 0 aliphatic rings. The Morgan fingerprint density at radius 3 is 0.886 bits per heavy atom. The number of aromatic nitrogens is 10. The second-order valence-corrected chi connectivity index (χ2v) is 36.6. The van der Waals surface area contributed by atoms with Gasteiger partial charge in [-0.15, -0.1) is 0 Å². The first-order valence-electron chi connectivity index (χ1n) is 47.7. The van der Waals surface area contributed by atoms with Crippen LogP contribution in [0.25, 0.3) is 286 Å². The predicted molar refractivity (Wildman–Crippen MR) is 585 cm³/mol. The van der Waals surface area contributed by atoms with Crippen LogP contribution in [-0.2, 0) is 0 Å². The van der Waals surface area contributed by atoms with E-state index in [1.165, 1.54) is 135 Å². The Bertz CT molecular complexity index is 10200. The van der Waals surface area contributed by atoms with Gasteiger partial charge in [-0.2, -0.15) is 0 Å². The smallest absolute Gasteiger partial charge is 0.164 e. The molecule has 0 atom stereocenters. The minimum absolute atomic E-state index is 0.623. The van der Waals surface area contributed by atoms with Gasteiger partial charge in [0.05, 0.1) is 66.9 Å². The number of fused-ring (bicyclic) bond motifs is 24. The van der Waals surface area contributed by atoms with Gasteiger partial charge in [0.15, 0.2) is 34.9 Å². The summed E-state index contributed by atoms with van der Waals surface area (Å²) < 4.78 is 9.97. The molecule has 0 saturated carbocycles. The van der Waals surface area contributed by atoms with Crippen molar-refractivity contribution in [1.29, 1.82) is 0 Å². The lowest BCUT2D eigenvalue weighted by molar-refractivity contribution is 1.08. The molecule has 10 nitrogen and oxygen atoms in total. The molecule has 0 spiro atoms. The number of nitrogens with zero attached hydrogens (tertiary/aromatic N) is 10. The lowest BCUT2D eigenvalue weighted by atomic mass is 9.96. The molecule has 0 N–H and O–H groups in total. The zero-order chi connectivity index (χ0) is 91.7. The highest BCUT2D eigenvalue weighted by Gasteiger charge is 2.29. The van der Waals surface area contributed by atoms with Crippen molar-refractivity contribution in [3.05, 3.63) is 473 Å². The van der Waals surface area contributed by atoms with Gasteiger partial charge in [0.1, 0.15) is 0 Å². The maximum Gasteiger partial charge on any atom is 0.164 e. The van der Waals surface area contributed by atoms with E-state index in [2.05, 4.69) is 455 Å². The second kappa shape index (κ2) is 31.4. The van der Waals surface area contributed by atoms with Crippen LogP contribution in [0.15, 0.2) is 473 Å². The molecule has 0 bridgehead atoms. The SMILES string of the molecule is c1ccc(-c2nc(-c3ccc(-n4c5cc6ccccc6cc5c5c(-n6c7ccccc7c7cc8ccccc8cc76)cccc54)c4ccccc34)nc(-c3cc4ccccc4c4ccccc34)n2)cc1.c1ccc(-c2nc(-c3ccc(-n4c5ccccc5c5c(-n6c7ccccc7c7cc8ccccc8cc76)c6ccccc6cc54)c4ccccc34)nc(-c3cc4ccccc4c4ccccc34)n2)cc1. The molecule has 0 aliphatic carbocycles. The molecular formula is C130H78N10. The Balaban J connectivity index is 0.000000134. The highest BCUT2D eigenvalue weighted by atomic mass is 15.1. The summed E-state index contributed by atoms with van der Waals surface area (Å²) >= 11 is 0. The zero-order valence-corrected chi connectivity index (χ0v) is 75.5. The first-order chi connectivity index (χ1) is 69.4. The Kier molecular flexibility index (Phi) is 17.6. The summed E-state index contributed by atoms with van der Waals surface area (Å²) in [5.74, 6) is 3.78. The Hall–Kier alpha value is -18.9. The summed E-state index contributed by atoms with van der Waals surface area (Å²) in [6.45, 7) is 0. The van der Waals surface area contributed by atoms with Gasteiger partial charge in [-0.05, 0) is 201 Å². The number of benzene rings is 24. The van der Waals surface area contributed by atoms with Crippen LogP contribution in [0.5, 0.6) is 0 Å². The topological polar surface area (TPSA) is 97.1 Å². The fourth-order valence-electron chi connectivity index (χ4n) is 22.7. The molecule has 30 rings (SSSR count). The van der Waals surface area contributed by atoms with Crippen molar-refractivity contribution < 1.29 is 0 Å². The average molecular weight is 1780 g/mol. The van der Waals surface area contributed by atoms with Crippen LogP contribution < -0.4 is 0 Å². The third kappa shape index (κ3) is 12.3. The van der Waals surface area contributed by atoms with E-state index >= 15 is 0 Å². The molecular weight excluding hydrogens is 1700 g/mol. The van der Waals surface area contributed by atoms with E-state index in [0.717, 1.165) is 116 Å². The third-order valence-corrected chi connectivity index (χ3v) is 29.0. The van der Waals surface area contributed by atoms with Gasteiger partial charge in [0, 0.05) is 92.6 Å². The Morgan fingerprint density at radius 1 is 0.129 bits per heavy atom. The van der Waals surface area contributed by atoms with Crippen molar-refractivity contribution in [3.8, 4) is 91.1 Å². The van der Waals surface area contributed by atoms with Gasteiger partial charge < -0.3 is 18.3 Å². The minimum atomic E-state index is 0.623. The second-order valence-electron chi connectivity index (χ2n) is 36.6. The number of hydrogen-bond donors (Lipinski definition) is 0. The molecule has 24 aromatic carbocycles. The molecule has 648 valence electrons. The van der Waals surface area contributed by atoms with E-state index in [4.69, 9.17) is 29.9 Å². The molecule has 30 aromatic rings. The molecule has 0 fully saturated rings. The molecule has 6 heterocycles. The quantitative estimate of drug-likeness (QED) is 0.127. The van der Waals surface area contributed by atoms with Crippen LogP contribution in [0.2, 0.25) is 0 Å². The largest absolute Gasteiger partial charge is 0.309 e. The van der Waals surface area contributed by atoms with Crippen molar-refractivity contribution in [1.82, 2.24) is 48.2 Å². The van der Waals surface area contributed by atoms with Crippen molar-refractivity contribution in [2.75, 3.05) is 0 Å². The van der Waals surface area contributed by atoms with Crippen LogP contribution in [-0.4, -0.2) is 48.2 Å². The minimum Gasteiger partial charge on any atom is -0.309 e. The van der Waals surface area contributed by atoms with Crippen LogP contribution >= 0.6 is 0 Å². The number of rotatable bonds is 10. The van der Waals surface area contributed by atoms with Gasteiger partial charge in [-0.1, -0.05) is 364 Å². The standard InChI is InChI=1S/2C65H39N5/c1-2-17-40(18-3-1)63-66-64(68-65(67-63)54-37-45-23-8-9-24-46(45)47-25-10-11-26-48(47)54)52-33-34-57(50-28-13-12-27-49(50)52)70-59-32-16-31-58(62(59)55-36-42-20-5-7-22-44(42)39-61(55)70)69-56-30-15-14-29-51(56)53-35-41-19-4-6-21-43(41)38-60(53)69;1-2-18-40(19-3-1)63-66-64(68-65(67-63)55-37-43-22-6-8-24-45(43)47-26-10-11-27-48(47)55)52-34-35-58(50-29-13-12-28-49(50)52)69-57-33-17-15-31-53(57)61-60(69)39-44-23-7-9-25-46(44)62(61)70-56-32-16-14-30-51(56)54-36-41-20-4-5-21-42(41)38-59(54)70/h2*1-39H. The fourth-order valence-corrected chi connectivity index (χ4v) is 22.7. The van der Waals surface area contributed by atoms with Crippen molar-refractivity contribution in [2.45, 2.75) is 0 Å².